The minimum atomic E-state index is -0.154. The van der Waals surface area contributed by atoms with E-state index in [9.17, 15) is 4.79 Å². The Morgan fingerprint density at radius 1 is 0.970 bits per heavy atom. The fourth-order valence-electron chi connectivity index (χ4n) is 4.62. The first-order chi connectivity index (χ1) is 16.2. The lowest BCUT2D eigenvalue weighted by Crippen LogP contribution is -2.33. The van der Waals surface area contributed by atoms with Gasteiger partial charge in [-0.1, -0.05) is 60.7 Å². The first kappa shape index (κ1) is 21.1. The van der Waals surface area contributed by atoms with Crippen molar-refractivity contribution >= 4 is 16.8 Å². The number of hydrogen-bond acceptors (Lipinski definition) is 3. The Hall–Kier alpha value is -3.73. The third-order valence-corrected chi connectivity index (χ3v) is 6.30. The zero-order valence-corrected chi connectivity index (χ0v) is 18.7. The van der Waals surface area contributed by atoms with Crippen molar-refractivity contribution in [2.24, 2.45) is 0 Å². The summed E-state index contributed by atoms with van der Waals surface area (Å²) in [5.74, 6) is 1.34. The molecule has 1 aliphatic heterocycles. The molecule has 5 rings (SSSR count). The topological polar surface area (TPSA) is 63.4 Å². The van der Waals surface area contributed by atoms with Gasteiger partial charge < -0.3 is 19.8 Å². The number of aromatic nitrogens is 1. The molecule has 33 heavy (non-hydrogen) atoms. The molecule has 2 heterocycles. The molecule has 0 fully saturated rings. The van der Waals surface area contributed by atoms with E-state index in [2.05, 4.69) is 53.6 Å². The second kappa shape index (κ2) is 9.41. The van der Waals surface area contributed by atoms with Crippen molar-refractivity contribution in [2.45, 2.75) is 38.1 Å². The summed E-state index contributed by atoms with van der Waals surface area (Å²) in [6.07, 6.45) is 4.17. The van der Waals surface area contributed by atoms with Gasteiger partial charge in [0.15, 0.2) is 11.5 Å². The Balaban J connectivity index is 1.37. The van der Waals surface area contributed by atoms with Crippen LogP contribution in [0.2, 0.25) is 0 Å². The summed E-state index contributed by atoms with van der Waals surface area (Å²) in [5, 5.41) is 4.32. The van der Waals surface area contributed by atoms with Crippen LogP contribution in [-0.2, 0) is 11.2 Å². The van der Waals surface area contributed by atoms with Gasteiger partial charge in [0.1, 0.15) is 0 Å². The van der Waals surface area contributed by atoms with Crippen LogP contribution in [-0.4, -0.2) is 23.7 Å². The summed E-state index contributed by atoms with van der Waals surface area (Å²) >= 11 is 0. The number of amides is 1. The molecule has 1 aliphatic rings. The molecule has 1 aromatic heterocycles. The molecule has 0 unspecified atom stereocenters. The number of carbonyl (C=O) groups is 1. The highest BCUT2D eigenvalue weighted by Crippen LogP contribution is 2.44. The van der Waals surface area contributed by atoms with E-state index in [4.69, 9.17) is 9.47 Å². The van der Waals surface area contributed by atoms with Crippen LogP contribution in [0.5, 0.6) is 11.5 Å². The van der Waals surface area contributed by atoms with Crippen molar-refractivity contribution in [2.75, 3.05) is 6.79 Å². The van der Waals surface area contributed by atoms with Gasteiger partial charge >= 0.3 is 0 Å². The number of carbonyl (C=O) groups excluding carboxylic acids is 1. The number of fused-ring (bicyclic) bond motifs is 2. The summed E-state index contributed by atoms with van der Waals surface area (Å²) in [4.78, 5) is 16.5. The molecule has 2 N–H and O–H groups in total. The minimum Gasteiger partial charge on any atom is -0.454 e. The smallest absolute Gasteiger partial charge is 0.231 e. The van der Waals surface area contributed by atoms with Crippen LogP contribution < -0.4 is 14.8 Å². The summed E-state index contributed by atoms with van der Waals surface area (Å²) in [7, 11) is 0. The minimum absolute atomic E-state index is 0.0300. The Labute approximate surface area is 193 Å². The monoisotopic (exact) mass is 440 g/mol. The molecule has 0 radical (unpaired) electrons. The average Bonchev–Trinajstić information content (AvgIpc) is 3.49. The summed E-state index contributed by atoms with van der Waals surface area (Å²) in [5.41, 5.74) is 4.40. The van der Waals surface area contributed by atoms with E-state index in [-0.39, 0.29) is 24.7 Å². The van der Waals surface area contributed by atoms with Crippen LogP contribution in [0.15, 0.2) is 79.0 Å². The average molecular weight is 441 g/mol. The number of H-pyrrole nitrogens is 1. The Morgan fingerprint density at radius 2 is 1.79 bits per heavy atom. The van der Waals surface area contributed by atoms with Crippen molar-refractivity contribution in [3.63, 3.8) is 0 Å². The zero-order valence-electron chi connectivity index (χ0n) is 18.7. The molecule has 5 heteroatoms. The van der Waals surface area contributed by atoms with Crippen molar-refractivity contribution in [3.05, 3.63) is 95.7 Å². The largest absolute Gasteiger partial charge is 0.454 e. The number of hydrogen-bond donors (Lipinski definition) is 2. The molecule has 168 valence electrons. The predicted molar refractivity (Wildman–Crippen MR) is 130 cm³/mol. The number of nitrogens with one attached hydrogen (secondary N) is 2. The molecule has 0 saturated carbocycles. The van der Waals surface area contributed by atoms with E-state index in [0.29, 0.717) is 6.42 Å². The molecule has 3 aromatic carbocycles. The van der Waals surface area contributed by atoms with Gasteiger partial charge in [-0.3, -0.25) is 4.79 Å². The van der Waals surface area contributed by atoms with Crippen molar-refractivity contribution in [1.29, 1.82) is 0 Å². The van der Waals surface area contributed by atoms with E-state index >= 15 is 0 Å². The molecule has 0 spiro atoms. The molecule has 0 aliphatic carbocycles. The third-order valence-electron chi connectivity index (χ3n) is 6.30. The third kappa shape index (κ3) is 4.58. The van der Waals surface area contributed by atoms with Crippen LogP contribution >= 0.6 is 0 Å². The molecule has 2 atom stereocenters. The standard InChI is InChI=1S/C28H28N2O3/c1-19(14-15-20-8-3-2-4-9-20)30-27(31)16-23(22-11-7-13-26-28(22)33-18-32-26)24-17-29-25-12-6-5-10-21(24)25/h2-13,17,19,23,29H,14-16,18H2,1H3,(H,30,31)/t19-,23+/m1/s1. The number of rotatable bonds is 8. The number of aryl methyl sites for hydroxylation is 1. The van der Waals surface area contributed by atoms with Crippen molar-refractivity contribution < 1.29 is 14.3 Å². The molecule has 1 amide bonds. The van der Waals surface area contributed by atoms with Gasteiger partial charge in [-0.2, -0.15) is 0 Å². The summed E-state index contributed by atoms with van der Waals surface area (Å²) < 4.78 is 11.4. The van der Waals surface area contributed by atoms with Crippen LogP contribution in [0, 0.1) is 0 Å². The molecule has 0 bridgehead atoms. The van der Waals surface area contributed by atoms with Crippen molar-refractivity contribution in [3.8, 4) is 11.5 Å². The maximum Gasteiger partial charge on any atom is 0.231 e. The van der Waals surface area contributed by atoms with Crippen LogP contribution in [0.4, 0.5) is 0 Å². The SMILES string of the molecule is C[C@H](CCc1ccccc1)NC(=O)C[C@@H](c1cccc2c1OCO2)c1c[nH]c2ccccc12. The summed E-state index contributed by atoms with van der Waals surface area (Å²) in [6, 6.07) is 24.5. The van der Waals surface area contributed by atoms with Gasteiger partial charge in [-0.15, -0.1) is 0 Å². The maximum atomic E-state index is 13.2. The summed E-state index contributed by atoms with van der Waals surface area (Å²) in [6.45, 7) is 2.27. The fourth-order valence-corrected chi connectivity index (χ4v) is 4.62. The van der Waals surface area contributed by atoms with Crippen LogP contribution in [0.3, 0.4) is 0 Å². The Morgan fingerprint density at radius 3 is 2.67 bits per heavy atom. The number of ether oxygens (including phenoxy) is 2. The van der Waals surface area contributed by atoms with Gasteiger partial charge in [0.2, 0.25) is 12.7 Å². The maximum absolute atomic E-state index is 13.2. The normalized spacial score (nSPS) is 14.2. The van der Waals surface area contributed by atoms with Gasteiger partial charge in [0, 0.05) is 41.0 Å². The molecule has 0 saturated heterocycles. The molecular formula is C28H28N2O3. The van der Waals surface area contributed by atoms with E-state index in [1.54, 1.807) is 0 Å². The van der Waals surface area contributed by atoms with Gasteiger partial charge in [0.05, 0.1) is 0 Å². The first-order valence-electron chi connectivity index (χ1n) is 11.5. The number of aromatic amines is 1. The number of para-hydroxylation sites is 2. The highest BCUT2D eigenvalue weighted by Gasteiger charge is 2.28. The van der Waals surface area contributed by atoms with E-state index < -0.39 is 0 Å². The molecular weight excluding hydrogens is 412 g/mol. The lowest BCUT2D eigenvalue weighted by Gasteiger charge is -2.20. The van der Waals surface area contributed by atoms with Gasteiger partial charge in [0.25, 0.3) is 0 Å². The lowest BCUT2D eigenvalue weighted by molar-refractivity contribution is -0.121. The van der Waals surface area contributed by atoms with Gasteiger partial charge in [-0.05, 0) is 43.0 Å². The predicted octanol–water partition coefficient (Wildman–Crippen LogP) is 5.56. The van der Waals surface area contributed by atoms with Crippen molar-refractivity contribution in [1.82, 2.24) is 10.3 Å². The molecule has 4 aromatic rings. The number of benzene rings is 3. The van der Waals surface area contributed by atoms with Crippen LogP contribution in [0.25, 0.3) is 10.9 Å². The van der Waals surface area contributed by atoms with Crippen LogP contribution in [0.1, 0.15) is 42.4 Å². The van der Waals surface area contributed by atoms with E-state index in [1.807, 2.05) is 42.6 Å². The second-order valence-corrected chi connectivity index (χ2v) is 8.62. The Kier molecular flexibility index (Phi) is 6.03. The molecule has 5 nitrogen and oxygen atoms in total. The Bertz CT molecular complexity index is 1250. The quantitative estimate of drug-likeness (QED) is 0.377. The van der Waals surface area contributed by atoms with E-state index in [0.717, 1.165) is 46.4 Å². The lowest BCUT2D eigenvalue weighted by atomic mass is 9.87. The first-order valence-corrected chi connectivity index (χ1v) is 11.5. The van der Waals surface area contributed by atoms with E-state index in [1.165, 1.54) is 5.56 Å². The second-order valence-electron chi connectivity index (χ2n) is 8.62. The van der Waals surface area contributed by atoms with Gasteiger partial charge in [-0.25, -0.2) is 0 Å². The fraction of sp³-hybridized carbons (Fsp3) is 0.250. The highest BCUT2D eigenvalue weighted by molar-refractivity contribution is 5.86. The zero-order chi connectivity index (χ0) is 22.6. The highest BCUT2D eigenvalue weighted by atomic mass is 16.7.